The third kappa shape index (κ3) is 3.80. The summed E-state index contributed by atoms with van der Waals surface area (Å²) in [5.41, 5.74) is 2.08. The summed E-state index contributed by atoms with van der Waals surface area (Å²) in [4.78, 5) is 0. The average Bonchev–Trinajstić information content (AvgIpc) is 3.28. The molecule has 0 aliphatic carbocycles. The van der Waals surface area contributed by atoms with E-state index in [1.807, 2.05) is 42.5 Å². The van der Waals surface area contributed by atoms with Gasteiger partial charge in [0.25, 0.3) is 0 Å². The minimum atomic E-state index is 0.293. The molecule has 0 radical (unpaired) electrons. The molecule has 128 valence electrons. The van der Waals surface area contributed by atoms with Crippen LogP contribution in [-0.4, -0.2) is 24.1 Å². The molecule has 2 heterocycles. The maximum absolute atomic E-state index is 5.40. The largest absolute Gasteiger partial charge is 0.497 e. The molecule has 25 heavy (non-hydrogen) atoms. The van der Waals surface area contributed by atoms with E-state index in [-0.39, 0.29) is 0 Å². The van der Waals surface area contributed by atoms with E-state index in [2.05, 4.69) is 15.5 Å². The van der Waals surface area contributed by atoms with Gasteiger partial charge in [0.05, 0.1) is 7.11 Å². The summed E-state index contributed by atoms with van der Waals surface area (Å²) in [5.74, 6) is 3.20. The van der Waals surface area contributed by atoms with Gasteiger partial charge in [0.1, 0.15) is 5.75 Å². The molecule has 0 saturated heterocycles. The molecule has 8 heteroatoms. The molecule has 0 fully saturated rings. The summed E-state index contributed by atoms with van der Waals surface area (Å²) >= 11 is 3.16. The highest BCUT2D eigenvalue weighted by Crippen LogP contribution is 2.35. The van der Waals surface area contributed by atoms with E-state index in [0.29, 0.717) is 6.79 Å². The summed E-state index contributed by atoms with van der Waals surface area (Å²) in [7, 11) is 1.65. The smallest absolute Gasteiger partial charge is 0.231 e. The van der Waals surface area contributed by atoms with Crippen molar-refractivity contribution in [2.45, 2.75) is 10.1 Å². The molecule has 6 nitrogen and oxygen atoms in total. The second-order valence-electron chi connectivity index (χ2n) is 5.21. The lowest BCUT2D eigenvalue weighted by molar-refractivity contribution is 0.174. The van der Waals surface area contributed by atoms with Gasteiger partial charge in [-0.15, -0.1) is 10.2 Å². The number of rotatable bonds is 6. The van der Waals surface area contributed by atoms with Crippen molar-refractivity contribution in [2.24, 2.45) is 0 Å². The first-order valence-corrected chi connectivity index (χ1v) is 9.36. The molecule has 3 aromatic rings. The van der Waals surface area contributed by atoms with Crippen LogP contribution in [0.1, 0.15) is 5.56 Å². The Morgan fingerprint density at radius 2 is 2.08 bits per heavy atom. The minimum absolute atomic E-state index is 0.293. The van der Waals surface area contributed by atoms with Crippen LogP contribution in [0.4, 0.5) is 10.8 Å². The van der Waals surface area contributed by atoms with E-state index >= 15 is 0 Å². The van der Waals surface area contributed by atoms with E-state index < -0.39 is 0 Å². The number of nitrogens with zero attached hydrogens (tertiary/aromatic N) is 2. The second kappa shape index (κ2) is 7.20. The van der Waals surface area contributed by atoms with Crippen molar-refractivity contribution < 1.29 is 14.2 Å². The molecular formula is C17H15N3O3S2. The van der Waals surface area contributed by atoms with Crippen LogP contribution < -0.4 is 19.5 Å². The van der Waals surface area contributed by atoms with Gasteiger partial charge < -0.3 is 19.5 Å². The number of anilines is 2. The Morgan fingerprint density at radius 1 is 1.16 bits per heavy atom. The lowest BCUT2D eigenvalue weighted by atomic mass is 10.2. The van der Waals surface area contributed by atoms with E-state index in [9.17, 15) is 0 Å². The van der Waals surface area contributed by atoms with Crippen LogP contribution in [0, 0.1) is 0 Å². The normalized spacial score (nSPS) is 12.2. The van der Waals surface area contributed by atoms with Crippen LogP contribution in [0.3, 0.4) is 0 Å². The van der Waals surface area contributed by atoms with Gasteiger partial charge in [0.15, 0.2) is 15.8 Å². The van der Waals surface area contributed by atoms with Gasteiger partial charge in [-0.2, -0.15) is 0 Å². The standard InChI is InChI=1S/C17H15N3O3S2/c1-21-13-4-2-3-12(8-13)18-16-19-20-17(25-16)24-9-11-5-6-14-15(7-11)23-10-22-14/h2-8H,9-10H2,1H3,(H,18,19). The average molecular weight is 373 g/mol. The first-order chi connectivity index (χ1) is 12.3. The molecule has 0 spiro atoms. The molecule has 0 saturated carbocycles. The van der Waals surface area contributed by atoms with Crippen LogP contribution in [0.25, 0.3) is 0 Å². The zero-order chi connectivity index (χ0) is 17.1. The molecular weight excluding hydrogens is 358 g/mol. The van der Waals surface area contributed by atoms with Crippen molar-refractivity contribution in [1.29, 1.82) is 0 Å². The topological polar surface area (TPSA) is 65.5 Å². The SMILES string of the molecule is COc1cccc(Nc2nnc(SCc3ccc4c(c3)OCO4)s2)c1. The molecule has 2 aromatic carbocycles. The van der Waals surface area contributed by atoms with Crippen molar-refractivity contribution in [3.05, 3.63) is 48.0 Å². The monoisotopic (exact) mass is 373 g/mol. The summed E-state index contributed by atoms with van der Waals surface area (Å²) in [5, 5.41) is 12.4. The summed E-state index contributed by atoms with van der Waals surface area (Å²) in [6, 6.07) is 13.7. The van der Waals surface area contributed by atoms with E-state index in [4.69, 9.17) is 14.2 Å². The number of hydrogen-bond donors (Lipinski definition) is 1. The molecule has 1 aromatic heterocycles. The molecule has 1 N–H and O–H groups in total. The fraction of sp³-hybridized carbons (Fsp3) is 0.176. The van der Waals surface area contributed by atoms with Gasteiger partial charge in [-0.25, -0.2) is 0 Å². The molecule has 4 rings (SSSR count). The second-order valence-corrected chi connectivity index (χ2v) is 7.41. The van der Waals surface area contributed by atoms with Crippen molar-refractivity contribution in [1.82, 2.24) is 10.2 Å². The predicted molar refractivity (Wildman–Crippen MR) is 98.3 cm³/mol. The van der Waals surface area contributed by atoms with Crippen LogP contribution in [0.15, 0.2) is 46.8 Å². The Morgan fingerprint density at radius 3 is 3.00 bits per heavy atom. The lowest BCUT2D eigenvalue weighted by Gasteiger charge is -2.04. The van der Waals surface area contributed by atoms with Gasteiger partial charge in [-0.1, -0.05) is 35.2 Å². The van der Waals surface area contributed by atoms with Gasteiger partial charge in [0, 0.05) is 17.5 Å². The number of benzene rings is 2. The number of nitrogens with one attached hydrogen (secondary N) is 1. The van der Waals surface area contributed by atoms with Gasteiger partial charge in [-0.05, 0) is 29.8 Å². The Kier molecular flexibility index (Phi) is 4.62. The van der Waals surface area contributed by atoms with Gasteiger partial charge in [0.2, 0.25) is 11.9 Å². The Balaban J connectivity index is 1.38. The fourth-order valence-electron chi connectivity index (χ4n) is 2.32. The van der Waals surface area contributed by atoms with Gasteiger partial charge >= 0.3 is 0 Å². The third-order valence-electron chi connectivity index (χ3n) is 3.53. The van der Waals surface area contributed by atoms with E-state index in [1.165, 1.54) is 11.3 Å². The molecule has 0 bridgehead atoms. The van der Waals surface area contributed by atoms with Crippen LogP contribution in [-0.2, 0) is 5.75 Å². The predicted octanol–water partition coefficient (Wildman–Crippen LogP) is 4.31. The van der Waals surface area contributed by atoms with Crippen molar-refractivity contribution >= 4 is 33.9 Å². The Labute approximate surface area is 153 Å². The van der Waals surface area contributed by atoms with Crippen LogP contribution in [0.5, 0.6) is 17.2 Å². The number of fused-ring (bicyclic) bond motifs is 1. The van der Waals surface area contributed by atoms with E-state index in [0.717, 1.165) is 43.7 Å². The number of methoxy groups -OCH3 is 1. The third-order valence-corrected chi connectivity index (χ3v) is 5.57. The van der Waals surface area contributed by atoms with Crippen molar-refractivity contribution in [3.8, 4) is 17.2 Å². The Hall–Kier alpha value is -2.45. The van der Waals surface area contributed by atoms with Gasteiger partial charge in [-0.3, -0.25) is 0 Å². The lowest BCUT2D eigenvalue weighted by Crippen LogP contribution is -1.92. The first-order valence-electron chi connectivity index (χ1n) is 7.56. The molecule has 1 aliphatic heterocycles. The highest BCUT2D eigenvalue weighted by atomic mass is 32.2. The van der Waals surface area contributed by atoms with Crippen molar-refractivity contribution in [2.75, 3.05) is 19.2 Å². The molecule has 0 amide bonds. The van der Waals surface area contributed by atoms with Crippen LogP contribution in [0.2, 0.25) is 0 Å². The Bertz CT molecular complexity index is 885. The summed E-state index contributed by atoms with van der Waals surface area (Å²) in [6.07, 6.45) is 0. The number of aromatic nitrogens is 2. The van der Waals surface area contributed by atoms with E-state index in [1.54, 1.807) is 18.9 Å². The molecule has 0 unspecified atom stereocenters. The highest BCUT2D eigenvalue weighted by Gasteiger charge is 2.13. The zero-order valence-corrected chi connectivity index (χ0v) is 15.0. The summed E-state index contributed by atoms with van der Waals surface area (Å²) < 4.78 is 16.9. The molecule has 1 aliphatic rings. The number of ether oxygens (including phenoxy) is 3. The summed E-state index contributed by atoms with van der Waals surface area (Å²) in [6.45, 7) is 0.293. The zero-order valence-electron chi connectivity index (χ0n) is 13.4. The number of thioether (sulfide) groups is 1. The maximum Gasteiger partial charge on any atom is 0.231 e. The minimum Gasteiger partial charge on any atom is -0.497 e. The number of hydrogen-bond acceptors (Lipinski definition) is 8. The molecule has 0 atom stereocenters. The highest BCUT2D eigenvalue weighted by molar-refractivity contribution is 8.00. The van der Waals surface area contributed by atoms with Crippen LogP contribution >= 0.6 is 23.1 Å². The quantitative estimate of drug-likeness (QED) is 0.646. The van der Waals surface area contributed by atoms with Crippen molar-refractivity contribution in [3.63, 3.8) is 0 Å². The maximum atomic E-state index is 5.40. The fourth-order valence-corrected chi connectivity index (χ4v) is 4.03. The first kappa shape index (κ1) is 16.0.